The Morgan fingerprint density at radius 1 is 0.783 bits per heavy atom. The first kappa shape index (κ1) is 18.5. The minimum absolute atomic E-state index is 0.166. The molecule has 0 saturated heterocycles. The van der Waals surface area contributed by atoms with Crippen LogP contribution in [0.4, 0.5) is 0 Å². The van der Waals surface area contributed by atoms with E-state index in [1.807, 2.05) is 19.1 Å². The molecule has 3 nitrogen and oxygen atoms in total. The molecule has 0 atom stereocenters. The van der Waals surface area contributed by atoms with E-state index < -0.39 is 10.1 Å². The average Bonchev–Trinajstić information content (AvgIpc) is 2.50. The van der Waals surface area contributed by atoms with E-state index in [-0.39, 0.29) is 11.0 Å². The van der Waals surface area contributed by atoms with Crippen molar-refractivity contribution < 1.29 is 12.6 Å². The van der Waals surface area contributed by atoms with E-state index >= 15 is 0 Å². The topological polar surface area (TPSA) is 43.4 Å². The lowest BCUT2D eigenvalue weighted by molar-refractivity contribution is 0.179. The molecule has 0 N–H and O–H groups in total. The molecule has 1 aliphatic rings. The van der Waals surface area contributed by atoms with Crippen molar-refractivity contribution in [2.24, 2.45) is 0 Å². The van der Waals surface area contributed by atoms with Crippen molar-refractivity contribution in [3.8, 4) is 0 Å². The van der Waals surface area contributed by atoms with Crippen LogP contribution in [-0.2, 0) is 14.3 Å². The molecule has 1 aromatic rings. The lowest BCUT2D eigenvalue weighted by Crippen LogP contribution is -2.19. The van der Waals surface area contributed by atoms with Crippen molar-refractivity contribution in [1.82, 2.24) is 0 Å². The highest BCUT2D eigenvalue weighted by Gasteiger charge is 2.21. The van der Waals surface area contributed by atoms with E-state index in [1.165, 1.54) is 44.9 Å². The lowest BCUT2D eigenvalue weighted by Gasteiger charge is -2.18. The van der Waals surface area contributed by atoms with Gasteiger partial charge in [-0.3, -0.25) is 4.18 Å². The van der Waals surface area contributed by atoms with Gasteiger partial charge in [0.05, 0.1) is 11.0 Å². The Kier molecular flexibility index (Phi) is 7.57. The van der Waals surface area contributed by atoms with E-state index in [0.717, 1.165) is 31.2 Å². The van der Waals surface area contributed by atoms with Gasteiger partial charge < -0.3 is 0 Å². The lowest BCUT2D eigenvalue weighted by atomic mass is 10.00. The second kappa shape index (κ2) is 9.43. The number of aryl methyl sites for hydroxylation is 1. The number of benzene rings is 1. The Labute approximate surface area is 141 Å². The van der Waals surface area contributed by atoms with Gasteiger partial charge in [0, 0.05) is 0 Å². The fourth-order valence-electron chi connectivity index (χ4n) is 3.16. The van der Waals surface area contributed by atoms with Gasteiger partial charge in [-0.15, -0.1) is 0 Å². The van der Waals surface area contributed by atoms with Gasteiger partial charge in [-0.25, -0.2) is 0 Å². The van der Waals surface area contributed by atoms with Crippen LogP contribution in [0, 0.1) is 6.92 Å². The number of rotatable bonds is 3. The van der Waals surface area contributed by atoms with Crippen molar-refractivity contribution in [2.45, 2.75) is 88.6 Å². The summed E-state index contributed by atoms with van der Waals surface area (Å²) in [5, 5.41) is 0. The van der Waals surface area contributed by atoms with Crippen molar-refractivity contribution in [1.29, 1.82) is 0 Å². The quantitative estimate of drug-likeness (QED) is 0.696. The number of hydrogen-bond donors (Lipinski definition) is 0. The molecule has 1 fully saturated rings. The summed E-state index contributed by atoms with van der Waals surface area (Å²) < 4.78 is 30.5. The summed E-state index contributed by atoms with van der Waals surface area (Å²) in [6.07, 6.45) is 12.5. The maximum Gasteiger partial charge on any atom is 0.297 e. The van der Waals surface area contributed by atoms with Crippen molar-refractivity contribution >= 4 is 10.1 Å². The molecule has 1 aliphatic carbocycles. The van der Waals surface area contributed by atoms with Gasteiger partial charge in [-0.05, 0) is 31.9 Å². The van der Waals surface area contributed by atoms with Crippen LogP contribution >= 0.6 is 0 Å². The van der Waals surface area contributed by atoms with E-state index in [1.54, 1.807) is 12.1 Å². The molecule has 1 saturated carbocycles. The summed E-state index contributed by atoms with van der Waals surface area (Å²) in [6.45, 7) is 1.95. The zero-order chi connectivity index (χ0) is 16.5. The van der Waals surface area contributed by atoms with Crippen molar-refractivity contribution in [3.63, 3.8) is 0 Å². The minimum Gasteiger partial charge on any atom is -0.263 e. The third kappa shape index (κ3) is 6.64. The molecule has 0 aromatic heterocycles. The van der Waals surface area contributed by atoms with E-state index in [2.05, 4.69) is 0 Å². The molecule has 0 unspecified atom stereocenters. The van der Waals surface area contributed by atoms with Crippen LogP contribution in [0.15, 0.2) is 29.2 Å². The van der Waals surface area contributed by atoms with E-state index in [9.17, 15) is 8.42 Å². The Bertz CT molecular complexity index is 536. The first-order valence-electron chi connectivity index (χ1n) is 9.08. The van der Waals surface area contributed by atoms with Crippen LogP contribution < -0.4 is 0 Å². The fourth-order valence-corrected chi connectivity index (χ4v) is 4.29. The van der Waals surface area contributed by atoms with Gasteiger partial charge in [0.25, 0.3) is 10.1 Å². The first-order chi connectivity index (χ1) is 11.1. The van der Waals surface area contributed by atoms with Crippen LogP contribution in [0.5, 0.6) is 0 Å². The third-order valence-corrected chi connectivity index (χ3v) is 6.00. The SMILES string of the molecule is Cc1ccc(S(=O)(=O)OC2CCCCCCCCCCC2)cc1. The largest absolute Gasteiger partial charge is 0.297 e. The summed E-state index contributed by atoms with van der Waals surface area (Å²) in [4.78, 5) is 0.272. The molecule has 0 amide bonds. The Balaban J connectivity index is 1.97. The van der Waals surface area contributed by atoms with Gasteiger partial charge in [0.2, 0.25) is 0 Å². The first-order valence-corrected chi connectivity index (χ1v) is 10.5. The summed E-state index contributed by atoms with van der Waals surface area (Å²) in [5.41, 5.74) is 1.05. The fraction of sp³-hybridized carbons (Fsp3) is 0.684. The highest BCUT2D eigenvalue weighted by atomic mass is 32.2. The summed E-state index contributed by atoms with van der Waals surface area (Å²) in [5.74, 6) is 0. The molecule has 0 heterocycles. The molecular formula is C19H30O3S. The Hall–Kier alpha value is -0.870. The zero-order valence-electron chi connectivity index (χ0n) is 14.3. The molecule has 1 aromatic carbocycles. The molecule has 0 spiro atoms. The Morgan fingerprint density at radius 3 is 1.70 bits per heavy atom. The van der Waals surface area contributed by atoms with Gasteiger partial charge in [0.1, 0.15) is 0 Å². The standard InChI is InChI=1S/C19H30O3S/c1-17-13-15-19(16-14-17)23(20,21)22-18-11-9-7-5-3-2-4-6-8-10-12-18/h13-16,18H,2-12H2,1H3. The smallest absolute Gasteiger partial charge is 0.263 e. The van der Waals surface area contributed by atoms with E-state index in [4.69, 9.17) is 4.18 Å². The molecule has 4 heteroatoms. The van der Waals surface area contributed by atoms with Crippen LogP contribution in [0.3, 0.4) is 0 Å². The highest BCUT2D eigenvalue weighted by Crippen LogP contribution is 2.23. The normalized spacial score (nSPS) is 19.7. The molecule has 23 heavy (non-hydrogen) atoms. The summed E-state index contributed by atoms with van der Waals surface area (Å²) in [7, 11) is -3.64. The maximum absolute atomic E-state index is 12.5. The predicted octanol–water partition coefficient (Wildman–Crippen LogP) is 5.37. The van der Waals surface area contributed by atoms with Crippen molar-refractivity contribution in [3.05, 3.63) is 29.8 Å². The van der Waals surface area contributed by atoms with Gasteiger partial charge in [-0.2, -0.15) is 8.42 Å². The number of hydrogen-bond acceptors (Lipinski definition) is 3. The molecular weight excluding hydrogens is 308 g/mol. The van der Waals surface area contributed by atoms with Gasteiger partial charge in [0.15, 0.2) is 0 Å². The third-order valence-electron chi connectivity index (χ3n) is 4.62. The summed E-state index contributed by atoms with van der Waals surface area (Å²) in [6, 6.07) is 6.91. The van der Waals surface area contributed by atoms with Crippen LogP contribution in [0.1, 0.15) is 76.2 Å². The van der Waals surface area contributed by atoms with Crippen LogP contribution in [-0.4, -0.2) is 14.5 Å². The average molecular weight is 339 g/mol. The van der Waals surface area contributed by atoms with Gasteiger partial charge >= 0.3 is 0 Å². The minimum atomic E-state index is -3.64. The van der Waals surface area contributed by atoms with Crippen molar-refractivity contribution in [2.75, 3.05) is 0 Å². The monoisotopic (exact) mass is 338 g/mol. The molecule has 2 rings (SSSR count). The Morgan fingerprint density at radius 2 is 1.22 bits per heavy atom. The molecule has 0 aliphatic heterocycles. The molecule has 130 valence electrons. The zero-order valence-corrected chi connectivity index (χ0v) is 15.1. The summed E-state index contributed by atoms with van der Waals surface area (Å²) >= 11 is 0. The maximum atomic E-state index is 12.5. The second-order valence-corrected chi connectivity index (χ2v) is 8.32. The second-order valence-electron chi connectivity index (χ2n) is 6.74. The van der Waals surface area contributed by atoms with Crippen LogP contribution in [0.25, 0.3) is 0 Å². The molecule has 0 bridgehead atoms. The highest BCUT2D eigenvalue weighted by molar-refractivity contribution is 7.86. The van der Waals surface area contributed by atoms with Gasteiger partial charge in [-0.1, -0.05) is 75.5 Å². The molecule has 0 radical (unpaired) electrons. The van der Waals surface area contributed by atoms with Crippen LogP contribution in [0.2, 0.25) is 0 Å². The van der Waals surface area contributed by atoms with E-state index in [0.29, 0.717) is 0 Å². The predicted molar refractivity (Wildman–Crippen MR) is 94.0 cm³/mol.